The molecule has 0 saturated carbocycles. The fourth-order valence-electron chi connectivity index (χ4n) is 3.48. The van der Waals surface area contributed by atoms with Crippen molar-refractivity contribution in [3.8, 4) is 0 Å². The van der Waals surface area contributed by atoms with Gasteiger partial charge in [0.15, 0.2) is 0 Å². The largest absolute Gasteiger partial charge is 0.339 e. The van der Waals surface area contributed by atoms with Gasteiger partial charge in [0.25, 0.3) is 11.8 Å². The van der Waals surface area contributed by atoms with E-state index in [0.29, 0.717) is 37.5 Å². The third kappa shape index (κ3) is 5.05. The van der Waals surface area contributed by atoms with Crippen LogP contribution in [0.1, 0.15) is 40.3 Å². The Morgan fingerprint density at radius 1 is 1.00 bits per heavy atom. The highest BCUT2D eigenvalue weighted by Crippen LogP contribution is 2.15. The topological polar surface area (TPSA) is 69.7 Å². The Bertz CT molecular complexity index is 901. The summed E-state index contributed by atoms with van der Waals surface area (Å²) < 4.78 is 14.0. The summed E-state index contributed by atoms with van der Waals surface area (Å²) in [5.41, 5.74) is 0.0422. The molecule has 1 unspecified atom stereocenters. The molecule has 0 radical (unpaired) electrons. The van der Waals surface area contributed by atoms with E-state index in [9.17, 15) is 18.8 Å². The molecule has 6 nitrogen and oxygen atoms in total. The molecule has 2 heterocycles. The number of benzene rings is 1. The standard InChI is InChI=1S/C22H26FN3O3S/c1-15(2)19(24-20(27)18-9-5-14-30-18)22(29)26-11-6-10-25(12-13-26)21(28)16-7-3-4-8-17(16)23/h3-5,7-9,14-15,19H,6,10-13H2,1-2H3,(H,24,27). The van der Waals surface area contributed by atoms with Gasteiger partial charge in [-0.05, 0) is 35.9 Å². The van der Waals surface area contributed by atoms with E-state index in [4.69, 9.17) is 0 Å². The van der Waals surface area contributed by atoms with Crippen LogP contribution in [-0.2, 0) is 4.79 Å². The minimum absolute atomic E-state index is 0.0422. The van der Waals surface area contributed by atoms with E-state index in [-0.39, 0.29) is 29.2 Å². The Morgan fingerprint density at radius 3 is 2.37 bits per heavy atom. The highest BCUT2D eigenvalue weighted by molar-refractivity contribution is 7.12. The van der Waals surface area contributed by atoms with Crippen molar-refractivity contribution in [2.75, 3.05) is 26.2 Å². The molecule has 1 aliphatic heterocycles. The van der Waals surface area contributed by atoms with Gasteiger partial charge in [-0.2, -0.15) is 0 Å². The lowest BCUT2D eigenvalue weighted by Crippen LogP contribution is -2.52. The van der Waals surface area contributed by atoms with Crippen molar-refractivity contribution in [2.45, 2.75) is 26.3 Å². The van der Waals surface area contributed by atoms with E-state index in [1.54, 1.807) is 34.1 Å². The number of rotatable bonds is 5. The summed E-state index contributed by atoms with van der Waals surface area (Å²) in [5, 5.41) is 4.67. The Hall–Kier alpha value is -2.74. The highest BCUT2D eigenvalue weighted by Gasteiger charge is 2.31. The van der Waals surface area contributed by atoms with Gasteiger partial charge in [0.2, 0.25) is 5.91 Å². The maximum absolute atomic E-state index is 14.0. The molecule has 0 spiro atoms. The first kappa shape index (κ1) is 22.0. The van der Waals surface area contributed by atoms with Gasteiger partial charge in [-0.3, -0.25) is 14.4 Å². The third-order valence-corrected chi connectivity index (χ3v) is 6.03. The molecule has 1 aromatic carbocycles. The van der Waals surface area contributed by atoms with Gasteiger partial charge in [-0.1, -0.05) is 32.0 Å². The molecule has 8 heteroatoms. The van der Waals surface area contributed by atoms with Crippen LogP contribution >= 0.6 is 11.3 Å². The van der Waals surface area contributed by atoms with Crippen LogP contribution < -0.4 is 5.32 Å². The van der Waals surface area contributed by atoms with Crippen LogP contribution in [0.2, 0.25) is 0 Å². The van der Waals surface area contributed by atoms with E-state index >= 15 is 0 Å². The van der Waals surface area contributed by atoms with Crippen molar-refractivity contribution >= 4 is 29.1 Å². The lowest BCUT2D eigenvalue weighted by Gasteiger charge is -2.29. The number of carbonyl (C=O) groups is 3. The number of amides is 3. The molecular weight excluding hydrogens is 405 g/mol. The van der Waals surface area contributed by atoms with Gasteiger partial charge in [0.05, 0.1) is 10.4 Å². The second-order valence-corrected chi connectivity index (χ2v) is 8.57. The Morgan fingerprint density at radius 2 is 1.70 bits per heavy atom. The van der Waals surface area contributed by atoms with E-state index in [2.05, 4.69) is 5.32 Å². The van der Waals surface area contributed by atoms with Crippen molar-refractivity contribution < 1.29 is 18.8 Å². The monoisotopic (exact) mass is 431 g/mol. The van der Waals surface area contributed by atoms with Gasteiger partial charge < -0.3 is 15.1 Å². The van der Waals surface area contributed by atoms with E-state index in [0.717, 1.165) is 0 Å². The van der Waals surface area contributed by atoms with Crippen LogP contribution in [0.15, 0.2) is 41.8 Å². The number of thiophene rings is 1. The predicted octanol–water partition coefficient (Wildman–Crippen LogP) is 3.02. The summed E-state index contributed by atoms with van der Waals surface area (Å²) in [4.78, 5) is 42.1. The van der Waals surface area contributed by atoms with Crippen LogP contribution in [0.5, 0.6) is 0 Å². The van der Waals surface area contributed by atoms with Gasteiger partial charge >= 0.3 is 0 Å². The number of nitrogens with zero attached hydrogens (tertiary/aromatic N) is 2. The lowest BCUT2D eigenvalue weighted by atomic mass is 10.0. The molecule has 1 saturated heterocycles. The first-order valence-corrected chi connectivity index (χ1v) is 10.9. The van der Waals surface area contributed by atoms with Crippen molar-refractivity contribution in [3.63, 3.8) is 0 Å². The Balaban J connectivity index is 1.65. The molecular formula is C22H26FN3O3S. The fourth-order valence-corrected chi connectivity index (χ4v) is 4.10. The maximum atomic E-state index is 14.0. The first-order valence-electron chi connectivity index (χ1n) is 10.1. The molecule has 30 heavy (non-hydrogen) atoms. The lowest BCUT2D eigenvalue weighted by molar-refractivity contribution is -0.134. The molecule has 3 amide bonds. The molecule has 2 aromatic rings. The normalized spacial score (nSPS) is 15.6. The van der Waals surface area contributed by atoms with E-state index < -0.39 is 11.9 Å². The smallest absolute Gasteiger partial charge is 0.262 e. The molecule has 1 aromatic heterocycles. The minimum Gasteiger partial charge on any atom is -0.339 e. The molecule has 1 atom stereocenters. The number of halogens is 1. The van der Waals surface area contributed by atoms with Crippen molar-refractivity contribution in [1.82, 2.24) is 15.1 Å². The summed E-state index contributed by atoms with van der Waals surface area (Å²) in [6.07, 6.45) is 0.593. The van der Waals surface area contributed by atoms with Crippen molar-refractivity contribution in [2.24, 2.45) is 5.92 Å². The Kier molecular flexibility index (Phi) is 7.20. The van der Waals surface area contributed by atoms with E-state index in [1.807, 2.05) is 19.2 Å². The first-order chi connectivity index (χ1) is 14.4. The Labute approximate surface area is 179 Å². The van der Waals surface area contributed by atoms with Gasteiger partial charge in [0, 0.05) is 26.2 Å². The van der Waals surface area contributed by atoms with E-state index in [1.165, 1.54) is 23.5 Å². The average Bonchev–Trinajstić information content (AvgIpc) is 3.16. The molecule has 0 aliphatic carbocycles. The number of hydrogen-bond donors (Lipinski definition) is 1. The van der Waals surface area contributed by atoms with Gasteiger partial charge in [-0.25, -0.2) is 4.39 Å². The predicted molar refractivity (Wildman–Crippen MR) is 114 cm³/mol. The number of carbonyl (C=O) groups excluding carboxylic acids is 3. The summed E-state index contributed by atoms with van der Waals surface area (Å²) in [7, 11) is 0. The minimum atomic E-state index is -0.645. The van der Waals surface area contributed by atoms with Crippen molar-refractivity contribution in [1.29, 1.82) is 0 Å². The van der Waals surface area contributed by atoms with Crippen LogP contribution in [0, 0.1) is 11.7 Å². The van der Waals surface area contributed by atoms with Gasteiger partial charge in [-0.15, -0.1) is 11.3 Å². The van der Waals surface area contributed by atoms with Crippen LogP contribution in [0.4, 0.5) is 4.39 Å². The average molecular weight is 432 g/mol. The molecule has 1 N–H and O–H groups in total. The van der Waals surface area contributed by atoms with Crippen LogP contribution in [-0.4, -0.2) is 59.7 Å². The van der Waals surface area contributed by atoms with Crippen LogP contribution in [0.3, 0.4) is 0 Å². The quantitative estimate of drug-likeness (QED) is 0.791. The zero-order valence-corrected chi connectivity index (χ0v) is 18.0. The molecule has 0 bridgehead atoms. The summed E-state index contributed by atoms with van der Waals surface area (Å²) in [6, 6.07) is 8.79. The molecule has 1 fully saturated rings. The third-order valence-electron chi connectivity index (χ3n) is 5.16. The maximum Gasteiger partial charge on any atom is 0.262 e. The molecule has 1 aliphatic rings. The summed E-state index contributed by atoms with van der Waals surface area (Å²) in [5.74, 6) is -1.41. The van der Waals surface area contributed by atoms with Gasteiger partial charge in [0.1, 0.15) is 11.9 Å². The molecule has 3 rings (SSSR count). The second-order valence-electron chi connectivity index (χ2n) is 7.62. The number of nitrogens with one attached hydrogen (secondary N) is 1. The zero-order chi connectivity index (χ0) is 21.7. The summed E-state index contributed by atoms with van der Waals surface area (Å²) >= 11 is 1.33. The SMILES string of the molecule is CC(C)C(NC(=O)c1cccs1)C(=O)N1CCCN(C(=O)c2ccccc2F)CC1. The summed E-state index contributed by atoms with van der Waals surface area (Å²) in [6.45, 7) is 5.38. The highest BCUT2D eigenvalue weighted by atomic mass is 32.1. The number of hydrogen-bond acceptors (Lipinski definition) is 4. The zero-order valence-electron chi connectivity index (χ0n) is 17.1. The molecule has 160 valence electrons. The second kappa shape index (κ2) is 9.84. The van der Waals surface area contributed by atoms with Crippen LogP contribution in [0.25, 0.3) is 0 Å². The van der Waals surface area contributed by atoms with Crippen molar-refractivity contribution in [3.05, 3.63) is 58.0 Å². The fraction of sp³-hybridized carbons (Fsp3) is 0.409.